The van der Waals surface area contributed by atoms with E-state index in [1.54, 1.807) is 0 Å². The largest absolute Gasteiger partial charge is 0.393 e. The molecule has 2 rings (SSSR count). The van der Waals surface area contributed by atoms with Crippen molar-refractivity contribution in [3.63, 3.8) is 0 Å². The van der Waals surface area contributed by atoms with Gasteiger partial charge in [0.25, 0.3) is 0 Å². The SMILES string of the molecule is CC(C)C1(C2CCC(O)CC2)CCC(O)CC1. The molecule has 0 spiro atoms. The molecule has 2 aliphatic rings. The molecule has 2 saturated carbocycles. The van der Waals surface area contributed by atoms with E-state index in [0.29, 0.717) is 11.3 Å². The molecular weight excluding hydrogens is 212 g/mol. The second-order valence-corrected chi connectivity index (χ2v) is 6.62. The van der Waals surface area contributed by atoms with Crippen molar-refractivity contribution in [1.29, 1.82) is 0 Å². The van der Waals surface area contributed by atoms with Crippen LogP contribution in [0, 0.1) is 17.3 Å². The lowest BCUT2D eigenvalue weighted by Crippen LogP contribution is -2.42. The normalized spacial score (nSPS) is 43.9. The summed E-state index contributed by atoms with van der Waals surface area (Å²) in [5.74, 6) is 1.48. The summed E-state index contributed by atoms with van der Waals surface area (Å²) in [6.45, 7) is 4.70. The number of hydrogen-bond donors (Lipinski definition) is 2. The summed E-state index contributed by atoms with van der Waals surface area (Å²) in [5.41, 5.74) is 0.444. The fourth-order valence-electron chi connectivity index (χ4n) is 4.25. The summed E-state index contributed by atoms with van der Waals surface area (Å²) in [6, 6.07) is 0. The highest BCUT2D eigenvalue weighted by Crippen LogP contribution is 2.52. The molecule has 0 aromatic carbocycles. The van der Waals surface area contributed by atoms with Crippen LogP contribution in [0.2, 0.25) is 0 Å². The number of aliphatic hydroxyl groups is 2. The quantitative estimate of drug-likeness (QED) is 0.778. The van der Waals surface area contributed by atoms with Crippen LogP contribution in [-0.4, -0.2) is 22.4 Å². The summed E-state index contributed by atoms with van der Waals surface area (Å²) in [7, 11) is 0. The fraction of sp³-hybridized carbons (Fsp3) is 1.00. The molecule has 0 bridgehead atoms. The Morgan fingerprint density at radius 1 is 0.824 bits per heavy atom. The second-order valence-electron chi connectivity index (χ2n) is 6.62. The zero-order valence-electron chi connectivity index (χ0n) is 11.4. The maximum absolute atomic E-state index is 9.72. The van der Waals surface area contributed by atoms with Crippen molar-refractivity contribution in [1.82, 2.24) is 0 Å². The zero-order chi connectivity index (χ0) is 12.5. The van der Waals surface area contributed by atoms with E-state index in [2.05, 4.69) is 13.8 Å². The van der Waals surface area contributed by atoms with Crippen molar-refractivity contribution in [3.05, 3.63) is 0 Å². The Balaban J connectivity index is 2.06. The Labute approximate surface area is 105 Å². The Kier molecular flexibility index (Phi) is 4.14. The van der Waals surface area contributed by atoms with E-state index in [0.717, 1.165) is 31.6 Å². The highest BCUT2D eigenvalue weighted by molar-refractivity contribution is 4.94. The molecule has 2 heteroatoms. The third kappa shape index (κ3) is 2.68. The summed E-state index contributed by atoms with van der Waals surface area (Å²) in [6.07, 6.45) is 8.59. The van der Waals surface area contributed by atoms with E-state index in [-0.39, 0.29) is 12.2 Å². The molecule has 0 amide bonds. The van der Waals surface area contributed by atoms with Gasteiger partial charge in [0.2, 0.25) is 0 Å². The third-order valence-electron chi connectivity index (χ3n) is 5.55. The Morgan fingerprint density at radius 2 is 1.29 bits per heavy atom. The van der Waals surface area contributed by atoms with Crippen LogP contribution in [-0.2, 0) is 0 Å². The topological polar surface area (TPSA) is 40.5 Å². The van der Waals surface area contributed by atoms with E-state index in [1.807, 2.05) is 0 Å². The predicted octanol–water partition coefficient (Wildman–Crippen LogP) is 3.11. The highest BCUT2D eigenvalue weighted by Gasteiger charge is 2.44. The molecule has 17 heavy (non-hydrogen) atoms. The summed E-state index contributed by atoms with van der Waals surface area (Å²) in [4.78, 5) is 0. The minimum Gasteiger partial charge on any atom is -0.393 e. The first-order chi connectivity index (χ1) is 8.04. The van der Waals surface area contributed by atoms with Crippen LogP contribution in [0.4, 0.5) is 0 Å². The van der Waals surface area contributed by atoms with Crippen molar-refractivity contribution in [2.75, 3.05) is 0 Å². The molecule has 0 unspecified atom stereocenters. The van der Waals surface area contributed by atoms with Crippen molar-refractivity contribution < 1.29 is 10.2 Å². The Bertz CT molecular complexity index is 233. The molecule has 0 radical (unpaired) electrons. The van der Waals surface area contributed by atoms with Gasteiger partial charge in [-0.2, -0.15) is 0 Å². The van der Waals surface area contributed by atoms with Crippen LogP contribution >= 0.6 is 0 Å². The molecule has 0 saturated heterocycles. The Morgan fingerprint density at radius 3 is 1.76 bits per heavy atom. The van der Waals surface area contributed by atoms with Gasteiger partial charge in [0, 0.05) is 0 Å². The maximum Gasteiger partial charge on any atom is 0.0540 e. The smallest absolute Gasteiger partial charge is 0.0540 e. The van der Waals surface area contributed by atoms with Crippen LogP contribution in [0.3, 0.4) is 0 Å². The molecule has 0 heterocycles. The Hall–Kier alpha value is -0.0800. The average molecular weight is 240 g/mol. The molecule has 0 atom stereocenters. The molecule has 2 aliphatic carbocycles. The van der Waals surface area contributed by atoms with Gasteiger partial charge in [-0.05, 0) is 68.6 Å². The van der Waals surface area contributed by atoms with Crippen LogP contribution in [0.25, 0.3) is 0 Å². The van der Waals surface area contributed by atoms with Gasteiger partial charge in [-0.15, -0.1) is 0 Å². The first-order valence-corrected chi connectivity index (χ1v) is 7.41. The molecule has 0 aromatic rings. The minimum atomic E-state index is -0.0592. The minimum absolute atomic E-state index is 0.0513. The van der Waals surface area contributed by atoms with Crippen LogP contribution in [0.5, 0.6) is 0 Å². The molecule has 2 fully saturated rings. The van der Waals surface area contributed by atoms with Crippen LogP contribution in [0.1, 0.15) is 65.2 Å². The number of hydrogen-bond acceptors (Lipinski definition) is 2. The molecule has 0 aromatic heterocycles. The molecule has 2 N–H and O–H groups in total. The van der Waals surface area contributed by atoms with Gasteiger partial charge in [-0.25, -0.2) is 0 Å². The lowest BCUT2D eigenvalue weighted by molar-refractivity contribution is -0.0363. The fourth-order valence-corrected chi connectivity index (χ4v) is 4.25. The molecule has 100 valence electrons. The molecule has 0 aliphatic heterocycles. The maximum atomic E-state index is 9.72. The summed E-state index contributed by atoms with van der Waals surface area (Å²) >= 11 is 0. The first-order valence-electron chi connectivity index (χ1n) is 7.41. The van der Waals surface area contributed by atoms with E-state index in [1.165, 1.54) is 25.7 Å². The molecular formula is C15H28O2. The lowest BCUT2D eigenvalue weighted by Gasteiger charge is -2.50. The lowest BCUT2D eigenvalue weighted by atomic mass is 9.56. The van der Waals surface area contributed by atoms with Gasteiger partial charge in [0.15, 0.2) is 0 Å². The zero-order valence-corrected chi connectivity index (χ0v) is 11.4. The van der Waals surface area contributed by atoms with E-state index in [4.69, 9.17) is 0 Å². The third-order valence-corrected chi connectivity index (χ3v) is 5.55. The van der Waals surface area contributed by atoms with Crippen LogP contribution < -0.4 is 0 Å². The summed E-state index contributed by atoms with van der Waals surface area (Å²) < 4.78 is 0. The number of rotatable bonds is 2. The van der Waals surface area contributed by atoms with Crippen molar-refractivity contribution in [2.24, 2.45) is 17.3 Å². The summed E-state index contributed by atoms with van der Waals surface area (Å²) in [5, 5.41) is 19.4. The predicted molar refractivity (Wildman–Crippen MR) is 69.7 cm³/mol. The molecule has 2 nitrogen and oxygen atoms in total. The van der Waals surface area contributed by atoms with Crippen LogP contribution in [0.15, 0.2) is 0 Å². The van der Waals surface area contributed by atoms with E-state index >= 15 is 0 Å². The monoisotopic (exact) mass is 240 g/mol. The van der Waals surface area contributed by atoms with Gasteiger partial charge >= 0.3 is 0 Å². The first kappa shape index (κ1) is 13.4. The van der Waals surface area contributed by atoms with Gasteiger partial charge in [-0.1, -0.05) is 13.8 Å². The second kappa shape index (κ2) is 5.27. The van der Waals surface area contributed by atoms with E-state index in [9.17, 15) is 10.2 Å². The van der Waals surface area contributed by atoms with Crippen molar-refractivity contribution >= 4 is 0 Å². The van der Waals surface area contributed by atoms with Gasteiger partial charge in [-0.3, -0.25) is 0 Å². The van der Waals surface area contributed by atoms with Crippen molar-refractivity contribution in [3.8, 4) is 0 Å². The number of aliphatic hydroxyl groups excluding tert-OH is 2. The van der Waals surface area contributed by atoms with E-state index < -0.39 is 0 Å². The van der Waals surface area contributed by atoms with Crippen molar-refractivity contribution in [2.45, 2.75) is 77.4 Å². The average Bonchev–Trinajstić information content (AvgIpc) is 2.31. The van der Waals surface area contributed by atoms with Gasteiger partial charge in [0.1, 0.15) is 0 Å². The highest BCUT2D eigenvalue weighted by atomic mass is 16.3. The van der Waals surface area contributed by atoms with Gasteiger partial charge in [0.05, 0.1) is 12.2 Å². The standard InChI is InChI=1S/C15H28O2/c1-11(2)15(9-7-14(17)8-10-15)12-3-5-13(16)6-4-12/h11-14,16-17H,3-10H2,1-2H3. The van der Waals surface area contributed by atoms with Gasteiger partial charge < -0.3 is 10.2 Å².